The number of urea groups is 1. The van der Waals surface area contributed by atoms with Crippen molar-refractivity contribution in [1.29, 1.82) is 0 Å². The number of rotatable bonds is 7. The van der Waals surface area contributed by atoms with Gasteiger partial charge in [-0.25, -0.2) is 9.48 Å². The first-order chi connectivity index (χ1) is 15.9. The summed E-state index contributed by atoms with van der Waals surface area (Å²) in [5.74, 6) is -1.06. The summed E-state index contributed by atoms with van der Waals surface area (Å²) in [5.41, 5.74) is 1.98. The van der Waals surface area contributed by atoms with E-state index in [-0.39, 0.29) is 5.69 Å². The van der Waals surface area contributed by atoms with Crippen LogP contribution < -0.4 is 16.2 Å². The summed E-state index contributed by atoms with van der Waals surface area (Å²) in [5, 5.41) is 5.22. The van der Waals surface area contributed by atoms with Gasteiger partial charge in [0.05, 0.1) is 11.4 Å². The van der Waals surface area contributed by atoms with Gasteiger partial charge >= 0.3 is 6.03 Å². The lowest BCUT2D eigenvalue weighted by molar-refractivity contribution is -0.130. The largest absolute Gasteiger partial charge is 0.326 e. The van der Waals surface area contributed by atoms with E-state index in [0.717, 1.165) is 10.5 Å². The summed E-state index contributed by atoms with van der Waals surface area (Å²) in [4.78, 5) is 51.5. The first-order valence-electron chi connectivity index (χ1n) is 10.7. The van der Waals surface area contributed by atoms with Crippen LogP contribution in [0.15, 0.2) is 65.5 Å². The molecule has 2 N–H and O–H groups in total. The van der Waals surface area contributed by atoms with Gasteiger partial charge < -0.3 is 10.6 Å². The van der Waals surface area contributed by atoms with E-state index in [0.29, 0.717) is 24.2 Å². The van der Waals surface area contributed by atoms with E-state index in [2.05, 4.69) is 10.6 Å². The van der Waals surface area contributed by atoms with Gasteiger partial charge in [-0.15, -0.1) is 0 Å². The van der Waals surface area contributed by atoms with Crippen LogP contribution in [0.4, 0.5) is 10.5 Å². The van der Waals surface area contributed by atoms with Gasteiger partial charge in [-0.05, 0) is 37.5 Å². The fourth-order valence-corrected chi connectivity index (χ4v) is 3.91. The highest BCUT2D eigenvalue weighted by molar-refractivity contribution is 6.07. The normalized spacial score (nSPS) is 15.6. The molecular formula is C24H25N5O4. The van der Waals surface area contributed by atoms with Crippen LogP contribution in [-0.4, -0.2) is 44.7 Å². The van der Waals surface area contributed by atoms with Crippen LogP contribution in [0.1, 0.15) is 17.7 Å². The van der Waals surface area contributed by atoms with Crippen LogP contribution in [0.5, 0.6) is 0 Å². The average Bonchev–Trinajstić information content (AvgIpc) is 3.20. The highest BCUT2D eigenvalue weighted by Gasteiger charge is 2.38. The molecule has 9 nitrogen and oxygen atoms in total. The standard InChI is InChI=1S/C24H25N5O4/c1-16-21(23(32)29(27(16)2)18-11-7-4-8-12-18)26-20(30)15-28-22(31)19(25-24(28)33)14-13-17-9-5-3-6-10-17/h3-12,19H,13-15H2,1-2H3,(H,25,33)(H,26,30)/t19-/m1/s1. The van der Waals surface area contributed by atoms with Crippen molar-refractivity contribution in [3.8, 4) is 5.69 Å². The third kappa shape index (κ3) is 4.43. The number of aromatic nitrogens is 2. The predicted octanol–water partition coefficient (Wildman–Crippen LogP) is 1.98. The molecule has 1 aromatic heterocycles. The van der Waals surface area contributed by atoms with Crippen molar-refractivity contribution in [1.82, 2.24) is 19.6 Å². The molecule has 4 amide bonds. The number of aryl methyl sites for hydroxylation is 1. The lowest BCUT2D eigenvalue weighted by Gasteiger charge is -2.12. The van der Waals surface area contributed by atoms with Crippen LogP contribution >= 0.6 is 0 Å². The Hall–Kier alpha value is -4.14. The minimum absolute atomic E-state index is 0.110. The van der Waals surface area contributed by atoms with Crippen LogP contribution in [0.25, 0.3) is 5.69 Å². The van der Waals surface area contributed by atoms with E-state index in [1.807, 2.05) is 48.5 Å². The second kappa shape index (κ2) is 9.15. The fraction of sp³-hybridized carbons (Fsp3) is 0.250. The number of amides is 4. The summed E-state index contributed by atoms with van der Waals surface area (Å²) in [7, 11) is 1.72. The molecule has 0 unspecified atom stereocenters. The molecule has 0 aliphatic carbocycles. The number of anilines is 1. The van der Waals surface area contributed by atoms with Crippen molar-refractivity contribution in [2.75, 3.05) is 11.9 Å². The van der Waals surface area contributed by atoms with Gasteiger partial charge in [0.1, 0.15) is 18.3 Å². The summed E-state index contributed by atoms with van der Waals surface area (Å²) in [6.45, 7) is 1.25. The molecule has 1 fully saturated rings. The van der Waals surface area contributed by atoms with Crippen molar-refractivity contribution in [2.24, 2.45) is 7.05 Å². The molecular weight excluding hydrogens is 422 g/mol. The molecule has 170 valence electrons. The number of hydrogen-bond acceptors (Lipinski definition) is 4. The maximum absolute atomic E-state index is 13.0. The number of nitrogens with zero attached hydrogens (tertiary/aromatic N) is 3. The van der Waals surface area contributed by atoms with E-state index in [1.54, 1.807) is 30.8 Å². The van der Waals surface area contributed by atoms with Gasteiger partial charge in [0.25, 0.3) is 11.5 Å². The van der Waals surface area contributed by atoms with E-state index in [9.17, 15) is 19.2 Å². The number of carbonyl (C=O) groups is 3. The lowest BCUT2D eigenvalue weighted by atomic mass is 10.1. The number of hydrogen-bond donors (Lipinski definition) is 2. The molecule has 33 heavy (non-hydrogen) atoms. The van der Waals surface area contributed by atoms with Crippen LogP contribution in [0.2, 0.25) is 0 Å². The minimum Gasteiger partial charge on any atom is -0.326 e. The van der Waals surface area contributed by atoms with Gasteiger partial charge in [0.15, 0.2) is 0 Å². The van der Waals surface area contributed by atoms with Crippen LogP contribution in [0, 0.1) is 6.92 Å². The molecule has 1 aliphatic rings. The molecule has 1 saturated heterocycles. The van der Waals surface area contributed by atoms with E-state index in [4.69, 9.17) is 0 Å². The molecule has 9 heteroatoms. The predicted molar refractivity (Wildman–Crippen MR) is 123 cm³/mol. The first-order valence-corrected chi connectivity index (χ1v) is 10.7. The monoisotopic (exact) mass is 447 g/mol. The Bertz CT molecular complexity index is 1250. The van der Waals surface area contributed by atoms with Crippen molar-refractivity contribution in [3.63, 3.8) is 0 Å². The first kappa shape index (κ1) is 22.1. The van der Waals surface area contributed by atoms with Crippen LogP contribution in [0.3, 0.4) is 0 Å². The number of carbonyl (C=O) groups excluding carboxylic acids is 3. The average molecular weight is 447 g/mol. The third-order valence-electron chi connectivity index (χ3n) is 5.79. The molecule has 4 rings (SSSR count). The second-order valence-electron chi connectivity index (χ2n) is 7.94. The van der Waals surface area contributed by atoms with Crippen molar-refractivity contribution >= 4 is 23.5 Å². The van der Waals surface area contributed by atoms with Crippen LogP contribution in [-0.2, 0) is 23.1 Å². The zero-order chi connectivity index (χ0) is 23.5. The molecule has 2 aromatic carbocycles. The lowest BCUT2D eigenvalue weighted by Crippen LogP contribution is -2.39. The third-order valence-corrected chi connectivity index (χ3v) is 5.79. The molecule has 3 aromatic rings. The van der Waals surface area contributed by atoms with Gasteiger partial charge in [-0.2, -0.15) is 0 Å². The van der Waals surface area contributed by atoms with E-state index in [1.165, 1.54) is 4.68 Å². The summed E-state index contributed by atoms with van der Waals surface area (Å²) in [6.07, 6.45) is 1.06. The molecule has 0 spiro atoms. The van der Waals surface area contributed by atoms with E-state index < -0.39 is 36.0 Å². The minimum atomic E-state index is -0.681. The maximum Gasteiger partial charge on any atom is 0.325 e. The summed E-state index contributed by atoms with van der Waals surface area (Å²) >= 11 is 0. The Morgan fingerprint density at radius 1 is 1.00 bits per heavy atom. The van der Waals surface area contributed by atoms with Crippen molar-refractivity contribution in [3.05, 3.63) is 82.3 Å². The van der Waals surface area contributed by atoms with Gasteiger partial charge in [0, 0.05) is 7.05 Å². The highest BCUT2D eigenvalue weighted by atomic mass is 16.2. The number of nitrogens with one attached hydrogen (secondary N) is 2. The molecule has 1 atom stereocenters. The Kier molecular flexibility index (Phi) is 6.12. The molecule has 0 saturated carbocycles. The Balaban J connectivity index is 1.43. The SMILES string of the molecule is Cc1c(NC(=O)CN2C(=O)N[C@H](CCc3ccccc3)C2=O)c(=O)n(-c2ccccc2)n1C. The van der Waals surface area contributed by atoms with Gasteiger partial charge in [-0.1, -0.05) is 48.5 Å². The zero-order valence-electron chi connectivity index (χ0n) is 18.4. The molecule has 2 heterocycles. The topological polar surface area (TPSA) is 105 Å². The summed E-state index contributed by atoms with van der Waals surface area (Å²) < 4.78 is 3.08. The Morgan fingerprint density at radius 2 is 1.64 bits per heavy atom. The van der Waals surface area contributed by atoms with Crippen molar-refractivity contribution in [2.45, 2.75) is 25.8 Å². The number of benzene rings is 2. The maximum atomic E-state index is 13.0. The van der Waals surface area contributed by atoms with E-state index >= 15 is 0 Å². The fourth-order valence-electron chi connectivity index (χ4n) is 3.91. The Labute approximate surface area is 190 Å². The zero-order valence-corrected chi connectivity index (χ0v) is 18.4. The van der Waals surface area contributed by atoms with Gasteiger partial charge in [0.2, 0.25) is 5.91 Å². The highest BCUT2D eigenvalue weighted by Crippen LogP contribution is 2.16. The number of para-hydroxylation sites is 1. The van der Waals surface area contributed by atoms with Crippen molar-refractivity contribution < 1.29 is 14.4 Å². The molecule has 0 radical (unpaired) electrons. The quantitative estimate of drug-likeness (QED) is 0.540. The molecule has 1 aliphatic heterocycles. The Morgan fingerprint density at radius 3 is 2.30 bits per heavy atom. The number of imide groups is 1. The second-order valence-corrected chi connectivity index (χ2v) is 7.94. The van der Waals surface area contributed by atoms with Gasteiger partial charge in [-0.3, -0.25) is 24.0 Å². The smallest absolute Gasteiger partial charge is 0.325 e. The summed E-state index contributed by atoms with van der Waals surface area (Å²) in [6, 6.07) is 17.4. The molecule has 0 bridgehead atoms.